The van der Waals surface area contributed by atoms with Crippen LogP contribution in [0.1, 0.15) is 56.3 Å². The number of piperidine rings is 1. The fraction of sp³-hybridized carbons (Fsp3) is 0.833. The van der Waals surface area contributed by atoms with Gasteiger partial charge >= 0.3 is 5.69 Å². The van der Waals surface area contributed by atoms with Gasteiger partial charge in [-0.1, -0.05) is 0 Å². The van der Waals surface area contributed by atoms with E-state index < -0.39 is 0 Å². The lowest BCUT2D eigenvalue weighted by atomic mass is 10.00. The van der Waals surface area contributed by atoms with Crippen molar-refractivity contribution in [3.63, 3.8) is 0 Å². The normalized spacial score (nSPS) is 30.8. The van der Waals surface area contributed by atoms with Crippen molar-refractivity contribution in [3.8, 4) is 0 Å². The molecule has 25 heavy (non-hydrogen) atoms. The van der Waals surface area contributed by atoms with Crippen molar-refractivity contribution in [1.82, 2.24) is 19.7 Å². The molecule has 2 aliphatic carbocycles. The smallest absolute Gasteiger partial charge is 0.343 e. The van der Waals surface area contributed by atoms with Crippen molar-refractivity contribution >= 4 is 5.91 Å². The highest BCUT2D eigenvalue weighted by Crippen LogP contribution is 2.41. The zero-order valence-electron chi connectivity index (χ0n) is 14.5. The van der Waals surface area contributed by atoms with E-state index in [0.29, 0.717) is 23.7 Å². The lowest BCUT2D eigenvalue weighted by Gasteiger charge is -2.33. The van der Waals surface area contributed by atoms with Crippen LogP contribution >= 0.6 is 0 Å². The molecule has 3 heterocycles. The minimum Gasteiger partial charge on any atom is -0.381 e. The number of aromatic amines is 1. The number of H-pyrrole nitrogens is 1. The molecule has 4 fully saturated rings. The third kappa shape index (κ3) is 2.82. The molecule has 1 aromatic rings. The number of nitrogens with zero attached hydrogens (tertiary/aromatic N) is 3. The van der Waals surface area contributed by atoms with Gasteiger partial charge in [0, 0.05) is 38.1 Å². The molecule has 0 spiro atoms. The van der Waals surface area contributed by atoms with Gasteiger partial charge in [0.25, 0.3) is 0 Å². The molecule has 2 aliphatic heterocycles. The highest BCUT2D eigenvalue weighted by molar-refractivity contribution is 5.79. The maximum Gasteiger partial charge on any atom is 0.343 e. The van der Waals surface area contributed by atoms with Crippen molar-refractivity contribution in [1.29, 1.82) is 0 Å². The molecular weight excluding hydrogens is 320 g/mol. The van der Waals surface area contributed by atoms with E-state index in [2.05, 4.69) is 10.1 Å². The van der Waals surface area contributed by atoms with E-state index in [1.807, 2.05) is 4.90 Å². The summed E-state index contributed by atoms with van der Waals surface area (Å²) < 4.78 is 7.15. The average Bonchev–Trinajstić information content (AvgIpc) is 3.06. The van der Waals surface area contributed by atoms with Gasteiger partial charge in [0.1, 0.15) is 5.82 Å². The molecule has 5 rings (SSSR count). The van der Waals surface area contributed by atoms with E-state index in [1.165, 1.54) is 0 Å². The van der Waals surface area contributed by atoms with Gasteiger partial charge in [-0.3, -0.25) is 9.78 Å². The Morgan fingerprint density at radius 2 is 1.76 bits per heavy atom. The molecule has 0 bridgehead atoms. The molecule has 1 amide bonds. The molecule has 7 nitrogen and oxygen atoms in total. The van der Waals surface area contributed by atoms with Crippen LogP contribution in [-0.4, -0.2) is 51.9 Å². The number of hydrogen-bond acceptors (Lipinski definition) is 4. The van der Waals surface area contributed by atoms with E-state index in [-0.39, 0.29) is 17.6 Å². The standard InChI is InChI=1S/C18H26N4O3/c23-17(12-7-13-9-25-10-14(13)8-12)21-5-3-15(4-6-21)22-18(24)19-16(20-22)11-1-2-11/h11-15H,1-10H2,(H,19,20,24)/t13-,14-/m1/s1. The van der Waals surface area contributed by atoms with Crippen LogP contribution in [0.15, 0.2) is 4.79 Å². The second kappa shape index (κ2) is 5.97. The first-order valence-corrected chi connectivity index (χ1v) is 9.74. The molecule has 1 aromatic heterocycles. The summed E-state index contributed by atoms with van der Waals surface area (Å²) in [5.41, 5.74) is -0.0877. The van der Waals surface area contributed by atoms with Gasteiger partial charge in [-0.15, -0.1) is 0 Å². The Balaban J connectivity index is 1.20. The molecule has 2 atom stereocenters. The van der Waals surface area contributed by atoms with Crippen LogP contribution in [0.25, 0.3) is 0 Å². The Kier molecular flexibility index (Phi) is 3.73. The number of fused-ring (bicyclic) bond motifs is 1. The number of hydrogen-bond donors (Lipinski definition) is 1. The van der Waals surface area contributed by atoms with E-state index in [4.69, 9.17) is 4.74 Å². The lowest BCUT2D eigenvalue weighted by molar-refractivity contribution is -0.137. The Bertz CT molecular complexity index is 702. The quantitative estimate of drug-likeness (QED) is 0.894. The van der Waals surface area contributed by atoms with Crippen molar-refractivity contribution in [3.05, 3.63) is 16.3 Å². The molecule has 2 saturated carbocycles. The number of likely N-dealkylation sites (tertiary alicyclic amines) is 1. The SMILES string of the molecule is O=C(C1C[C@@H]2COC[C@H]2C1)N1CCC(n2nc(C3CC3)[nH]c2=O)CC1. The van der Waals surface area contributed by atoms with Crippen LogP contribution in [-0.2, 0) is 9.53 Å². The van der Waals surface area contributed by atoms with E-state index in [9.17, 15) is 9.59 Å². The van der Waals surface area contributed by atoms with Gasteiger partial charge < -0.3 is 9.64 Å². The Hall–Kier alpha value is -1.63. The molecule has 0 unspecified atom stereocenters. The number of amides is 1. The average molecular weight is 346 g/mol. The van der Waals surface area contributed by atoms with Crippen LogP contribution < -0.4 is 5.69 Å². The molecule has 7 heteroatoms. The third-order valence-electron chi connectivity index (χ3n) is 6.60. The zero-order valence-corrected chi connectivity index (χ0v) is 14.5. The second-order valence-electron chi connectivity index (χ2n) is 8.32. The molecule has 0 aromatic carbocycles. The minimum absolute atomic E-state index is 0.0877. The number of carbonyl (C=O) groups excluding carboxylic acids is 1. The first kappa shape index (κ1) is 15.6. The topological polar surface area (TPSA) is 80.2 Å². The van der Waals surface area contributed by atoms with Crippen LogP contribution in [0, 0.1) is 17.8 Å². The third-order valence-corrected chi connectivity index (χ3v) is 6.60. The fourth-order valence-electron chi connectivity index (χ4n) is 4.92. The van der Waals surface area contributed by atoms with E-state index in [1.54, 1.807) is 4.68 Å². The number of rotatable bonds is 3. The number of ether oxygens (including phenoxy) is 1. The summed E-state index contributed by atoms with van der Waals surface area (Å²) in [5.74, 6) is 3.00. The highest BCUT2D eigenvalue weighted by atomic mass is 16.5. The van der Waals surface area contributed by atoms with Crippen molar-refractivity contribution in [2.75, 3.05) is 26.3 Å². The Morgan fingerprint density at radius 3 is 2.40 bits per heavy atom. The van der Waals surface area contributed by atoms with Crippen molar-refractivity contribution < 1.29 is 9.53 Å². The summed E-state index contributed by atoms with van der Waals surface area (Å²) in [6.45, 7) is 3.15. The lowest BCUT2D eigenvalue weighted by Crippen LogP contribution is -2.43. The van der Waals surface area contributed by atoms with Crippen molar-refractivity contribution in [2.45, 2.75) is 50.5 Å². The molecule has 4 aliphatic rings. The number of carbonyl (C=O) groups is 1. The summed E-state index contributed by atoms with van der Waals surface area (Å²) in [5, 5.41) is 4.51. The summed E-state index contributed by atoms with van der Waals surface area (Å²) in [6.07, 6.45) is 5.90. The van der Waals surface area contributed by atoms with Crippen molar-refractivity contribution in [2.24, 2.45) is 17.8 Å². The van der Waals surface area contributed by atoms with Gasteiger partial charge in [-0.05, 0) is 50.4 Å². The molecule has 136 valence electrons. The summed E-state index contributed by atoms with van der Waals surface area (Å²) >= 11 is 0. The van der Waals surface area contributed by atoms with E-state index >= 15 is 0 Å². The zero-order chi connectivity index (χ0) is 17.0. The minimum atomic E-state index is -0.0877. The Morgan fingerprint density at radius 1 is 1.08 bits per heavy atom. The van der Waals surface area contributed by atoms with Gasteiger partial charge in [0.2, 0.25) is 5.91 Å². The fourth-order valence-corrected chi connectivity index (χ4v) is 4.92. The first-order valence-electron chi connectivity index (χ1n) is 9.74. The summed E-state index contributed by atoms with van der Waals surface area (Å²) in [7, 11) is 0. The monoisotopic (exact) mass is 346 g/mol. The van der Waals surface area contributed by atoms with E-state index in [0.717, 1.165) is 70.7 Å². The van der Waals surface area contributed by atoms with Gasteiger partial charge in [-0.25, -0.2) is 9.48 Å². The van der Waals surface area contributed by atoms with Gasteiger partial charge in [-0.2, -0.15) is 5.10 Å². The molecule has 2 saturated heterocycles. The summed E-state index contributed by atoms with van der Waals surface area (Å²) in [4.78, 5) is 29.9. The van der Waals surface area contributed by atoms with Crippen LogP contribution in [0.3, 0.4) is 0 Å². The first-order chi connectivity index (χ1) is 12.2. The van der Waals surface area contributed by atoms with Crippen LogP contribution in [0.4, 0.5) is 0 Å². The summed E-state index contributed by atoms with van der Waals surface area (Å²) in [6, 6.07) is 0.122. The predicted molar refractivity (Wildman–Crippen MR) is 90.2 cm³/mol. The van der Waals surface area contributed by atoms with Crippen LogP contribution in [0.2, 0.25) is 0 Å². The maximum atomic E-state index is 12.8. The molecule has 1 N–H and O–H groups in total. The number of aromatic nitrogens is 3. The Labute approximate surface area is 146 Å². The van der Waals surface area contributed by atoms with Gasteiger partial charge in [0.15, 0.2) is 0 Å². The second-order valence-corrected chi connectivity index (χ2v) is 8.32. The predicted octanol–water partition coefficient (Wildman–Crippen LogP) is 1.28. The van der Waals surface area contributed by atoms with Gasteiger partial charge in [0.05, 0.1) is 6.04 Å². The number of nitrogens with one attached hydrogen (secondary N) is 1. The molecular formula is C18H26N4O3. The van der Waals surface area contributed by atoms with Crippen LogP contribution in [0.5, 0.6) is 0 Å². The maximum absolute atomic E-state index is 12.8. The molecule has 0 radical (unpaired) electrons. The highest BCUT2D eigenvalue weighted by Gasteiger charge is 2.42. The largest absolute Gasteiger partial charge is 0.381 e.